The summed E-state index contributed by atoms with van der Waals surface area (Å²) in [6.45, 7) is 12.1. The molecule has 12 nitrogen and oxygen atoms in total. The first-order valence-corrected chi connectivity index (χ1v) is 19.3. The van der Waals surface area contributed by atoms with Gasteiger partial charge in [-0.05, 0) is 88.4 Å². The molecule has 0 aliphatic carbocycles. The van der Waals surface area contributed by atoms with E-state index in [0.717, 1.165) is 60.9 Å². The Balaban J connectivity index is 1.29. The fourth-order valence-electron chi connectivity index (χ4n) is 8.31. The molecule has 1 N–H and O–H groups in total. The number of carbonyl (C=O) groups excluding carboxylic acids is 1. The summed E-state index contributed by atoms with van der Waals surface area (Å²) in [5.41, 5.74) is 8.25. The molecule has 8 rings (SSSR count). The second-order valence-corrected chi connectivity index (χ2v) is 15.4. The van der Waals surface area contributed by atoms with E-state index >= 15 is 4.79 Å². The molecule has 0 bridgehead atoms. The molecule has 1 amide bonds. The van der Waals surface area contributed by atoms with Crippen molar-refractivity contribution < 1.29 is 24.0 Å². The lowest BCUT2D eigenvalue weighted by molar-refractivity contribution is 0.0686. The highest BCUT2D eigenvalue weighted by atomic mass is 35.5. The monoisotopic (exact) mass is 793 g/mol. The second-order valence-electron chi connectivity index (χ2n) is 14.5. The number of alkyl halides is 1. The maximum absolute atomic E-state index is 15.4. The number of halogens is 2. The first kappa shape index (κ1) is 37.3. The van der Waals surface area contributed by atoms with E-state index in [2.05, 4.69) is 26.8 Å². The number of ether oxygens (including phenoxy) is 1. The van der Waals surface area contributed by atoms with Gasteiger partial charge in [-0.25, -0.2) is 4.79 Å². The highest BCUT2D eigenvalue weighted by Gasteiger charge is 2.42. The topological polar surface area (TPSA) is 133 Å². The van der Waals surface area contributed by atoms with Crippen molar-refractivity contribution >= 4 is 62.6 Å². The number of hydrogen-bond acceptors (Lipinski definition) is 7. The summed E-state index contributed by atoms with van der Waals surface area (Å²) in [5, 5.41) is 21.4. The summed E-state index contributed by atoms with van der Waals surface area (Å²) >= 11 is 13.9. The Labute approximate surface area is 333 Å². The first-order valence-electron chi connectivity index (χ1n) is 18.4. The van der Waals surface area contributed by atoms with Gasteiger partial charge in [0.05, 0.1) is 41.6 Å². The van der Waals surface area contributed by atoms with Gasteiger partial charge in [-0.3, -0.25) is 14.4 Å². The van der Waals surface area contributed by atoms with Gasteiger partial charge in [-0.15, -0.1) is 0 Å². The van der Waals surface area contributed by atoms with Crippen molar-refractivity contribution in [3.63, 3.8) is 0 Å². The fourth-order valence-corrected chi connectivity index (χ4v) is 8.73. The lowest BCUT2D eigenvalue weighted by Crippen LogP contribution is -2.48. The van der Waals surface area contributed by atoms with Crippen molar-refractivity contribution in [1.82, 2.24) is 29.1 Å². The van der Waals surface area contributed by atoms with E-state index in [-0.39, 0.29) is 18.1 Å². The maximum atomic E-state index is 15.4. The van der Waals surface area contributed by atoms with Crippen molar-refractivity contribution in [3.8, 4) is 16.9 Å². The predicted molar refractivity (Wildman–Crippen MR) is 217 cm³/mol. The SMILES string of the molecule is Cc1nc(Cn2c(C(=O)O)cc3cccc(N4C(=O)c5c(CCCOc6cc(C)c(Cl)c(C)c6)c6cccc(-c7c(C)nn(C)c7C)c6n5[C@H](C)C4Cl)c32)no1. The van der Waals surface area contributed by atoms with Gasteiger partial charge in [-0.1, -0.05) is 58.7 Å². The molecular formula is C42H41Cl2N7O5. The van der Waals surface area contributed by atoms with E-state index in [1.54, 1.807) is 22.5 Å². The number of amides is 1. The Bertz CT molecular complexity index is 2700. The summed E-state index contributed by atoms with van der Waals surface area (Å²) in [4.78, 5) is 33.9. The third kappa shape index (κ3) is 6.02. The molecule has 5 heterocycles. The summed E-state index contributed by atoms with van der Waals surface area (Å²) in [7, 11) is 1.93. The molecule has 56 heavy (non-hydrogen) atoms. The van der Waals surface area contributed by atoms with Crippen molar-refractivity contribution in [2.45, 2.75) is 72.5 Å². The molecular weight excluding hydrogens is 753 g/mol. The van der Waals surface area contributed by atoms with E-state index in [4.69, 9.17) is 37.6 Å². The molecule has 3 aromatic carbocycles. The van der Waals surface area contributed by atoms with Crippen molar-refractivity contribution in [1.29, 1.82) is 0 Å². The van der Waals surface area contributed by atoms with Gasteiger partial charge in [0.15, 0.2) is 5.82 Å². The quantitative estimate of drug-likeness (QED) is 0.0824. The zero-order valence-corrected chi connectivity index (χ0v) is 33.7. The summed E-state index contributed by atoms with van der Waals surface area (Å²) in [6, 6.07) is 16.7. The average molecular weight is 795 g/mol. The Morgan fingerprint density at radius 3 is 2.41 bits per heavy atom. The van der Waals surface area contributed by atoms with Crippen molar-refractivity contribution in [3.05, 3.63) is 111 Å². The average Bonchev–Trinajstić information content (AvgIpc) is 3.90. The number of aromatic nitrogens is 6. The van der Waals surface area contributed by atoms with Crippen LogP contribution >= 0.6 is 23.2 Å². The van der Waals surface area contributed by atoms with Crippen LogP contribution in [0.2, 0.25) is 5.02 Å². The van der Waals surface area contributed by atoms with Crippen LogP contribution in [-0.4, -0.2) is 58.1 Å². The molecule has 2 atom stereocenters. The molecule has 14 heteroatoms. The Kier molecular flexibility index (Phi) is 9.45. The van der Waals surface area contributed by atoms with Gasteiger partial charge in [0.25, 0.3) is 5.91 Å². The molecule has 0 radical (unpaired) electrons. The number of aromatic carboxylic acids is 1. The van der Waals surface area contributed by atoms with Gasteiger partial charge in [0.2, 0.25) is 5.89 Å². The van der Waals surface area contributed by atoms with Gasteiger partial charge < -0.3 is 23.5 Å². The van der Waals surface area contributed by atoms with Gasteiger partial charge in [0, 0.05) is 46.6 Å². The van der Waals surface area contributed by atoms with Crippen LogP contribution in [0.15, 0.2) is 59.1 Å². The molecule has 1 aliphatic rings. The summed E-state index contributed by atoms with van der Waals surface area (Å²) < 4.78 is 17.0. The minimum atomic E-state index is -1.13. The lowest BCUT2D eigenvalue weighted by Gasteiger charge is -2.39. The number of carboxylic acids is 1. The highest BCUT2D eigenvalue weighted by molar-refractivity contribution is 6.32. The van der Waals surface area contributed by atoms with Crippen molar-refractivity contribution in [2.24, 2.45) is 7.05 Å². The molecule has 288 valence electrons. The minimum absolute atomic E-state index is 0.00930. The molecule has 0 saturated carbocycles. The number of para-hydroxylation sites is 2. The smallest absolute Gasteiger partial charge is 0.352 e. The number of fused-ring (bicyclic) bond motifs is 4. The molecule has 0 saturated heterocycles. The third-order valence-electron chi connectivity index (χ3n) is 10.9. The Morgan fingerprint density at radius 2 is 1.75 bits per heavy atom. The van der Waals surface area contributed by atoms with Crippen molar-refractivity contribution in [2.75, 3.05) is 11.5 Å². The fraction of sp³-hybridized carbons (Fsp3) is 0.310. The van der Waals surface area contributed by atoms with Gasteiger partial charge in [-0.2, -0.15) is 10.1 Å². The van der Waals surface area contributed by atoms with Gasteiger partial charge >= 0.3 is 5.97 Å². The number of benzene rings is 3. The molecule has 0 spiro atoms. The maximum Gasteiger partial charge on any atom is 0.352 e. The second kappa shape index (κ2) is 14.2. The van der Waals surface area contributed by atoms with Gasteiger partial charge in [0.1, 0.15) is 22.6 Å². The van der Waals surface area contributed by atoms with Crippen LogP contribution in [0.5, 0.6) is 5.75 Å². The zero-order valence-electron chi connectivity index (χ0n) is 32.1. The number of aryl methyl sites for hydroxylation is 6. The molecule has 7 aromatic rings. The van der Waals surface area contributed by atoms with E-state index < -0.39 is 17.5 Å². The van der Waals surface area contributed by atoms with E-state index in [1.165, 1.54) is 0 Å². The molecule has 1 unspecified atom stereocenters. The molecule has 0 fully saturated rings. The highest BCUT2D eigenvalue weighted by Crippen LogP contribution is 2.46. The third-order valence-corrected chi connectivity index (χ3v) is 12.0. The van der Waals surface area contributed by atoms with E-state index in [0.29, 0.717) is 53.4 Å². The number of rotatable bonds is 10. The van der Waals surface area contributed by atoms with Crippen LogP contribution in [0.1, 0.15) is 80.2 Å². The largest absolute Gasteiger partial charge is 0.494 e. The number of carboxylic acid groups (broad SMARTS) is 1. The predicted octanol–water partition coefficient (Wildman–Crippen LogP) is 9.12. The first-order chi connectivity index (χ1) is 26.8. The van der Waals surface area contributed by atoms with Crippen LogP contribution in [0.25, 0.3) is 32.9 Å². The minimum Gasteiger partial charge on any atom is -0.494 e. The molecule has 1 aliphatic heterocycles. The van der Waals surface area contributed by atoms with E-state index in [1.807, 2.05) is 82.7 Å². The number of nitrogens with zero attached hydrogens (tertiary/aromatic N) is 7. The Hall–Kier alpha value is -5.59. The number of hydrogen-bond donors (Lipinski definition) is 1. The van der Waals surface area contributed by atoms with E-state index in [9.17, 15) is 9.90 Å². The normalized spacial score (nSPS) is 15.7. The summed E-state index contributed by atoms with van der Waals surface area (Å²) in [5.74, 6) is -0.0196. The standard InChI is InChI=1S/C42H41Cl2N7O5/c1-21-17-28(18-22(2)36(21)43)55-16-10-14-30-29-12-9-13-31(35-23(3)46-48(7)24(35)4)38(29)50-25(5)40(44)51(41(52)39(30)50)32-15-8-11-27-19-33(42(53)54)49(37(27)32)20-34-45-26(6)56-47-34/h8-9,11-13,15,17-19,25,40H,10,14,16,20H2,1-7H3,(H,53,54)/t25-,40?/m1/s1. The van der Waals surface area contributed by atoms with Crippen LogP contribution in [0, 0.1) is 34.6 Å². The molecule has 4 aromatic heterocycles. The lowest BCUT2D eigenvalue weighted by atomic mass is 9.98. The Morgan fingerprint density at radius 1 is 1.02 bits per heavy atom. The number of anilines is 1. The van der Waals surface area contributed by atoms with Crippen LogP contribution in [0.4, 0.5) is 5.69 Å². The zero-order chi connectivity index (χ0) is 39.7. The van der Waals surface area contributed by atoms with Crippen LogP contribution < -0.4 is 9.64 Å². The van der Waals surface area contributed by atoms with Crippen LogP contribution in [0.3, 0.4) is 0 Å². The number of carbonyl (C=O) groups is 2. The summed E-state index contributed by atoms with van der Waals surface area (Å²) in [6.07, 6.45) is 1.16. The van der Waals surface area contributed by atoms with Crippen LogP contribution in [-0.2, 0) is 20.0 Å².